The Balaban J connectivity index is 2.10. The molecule has 0 spiro atoms. The number of anilines is 1. The van der Waals surface area contributed by atoms with Crippen LogP contribution in [0.5, 0.6) is 0 Å². The highest BCUT2D eigenvalue weighted by atomic mass is 35.5. The molecular formula is C31H37Cl2N3O4S. The lowest BCUT2D eigenvalue weighted by atomic mass is 10.1. The Hall–Kier alpha value is -3.07. The van der Waals surface area contributed by atoms with Crippen molar-refractivity contribution < 1.29 is 18.0 Å². The molecular weight excluding hydrogens is 581 g/mol. The molecule has 220 valence electrons. The van der Waals surface area contributed by atoms with E-state index in [1.807, 2.05) is 39.8 Å². The van der Waals surface area contributed by atoms with E-state index in [0.29, 0.717) is 33.3 Å². The Morgan fingerprint density at radius 3 is 2.20 bits per heavy atom. The van der Waals surface area contributed by atoms with Gasteiger partial charge in [-0.25, -0.2) is 8.42 Å². The Morgan fingerprint density at radius 2 is 1.59 bits per heavy atom. The fourth-order valence-electron chi connectivity index (χ4n) is 4.42. The van der Waals surface area contributed by atoms with Crippen LogP contribution in [0.3, 0.4) is 0 Å². The summed E-state index contributed by atoms with van der Waals surface area (Å²) in [6.07, 6.45) is 1.04. The lowest BCUT2D eigenvalue weighted by Crippen LogP contribution is -2.53. The number of hydrogen-bond donors (Lipinski definition) is 1. The Bertz CT molecular complexity index is 1480. The molecule has 0 heterocycles. The Kier molecular flexibility index (Phi) is 11.2. The minimum Gasteiger partial charge on any atom is -0.352 e. The zero-order chi connectivity index (χ0) is 30.3. The average molecular weight is 619 g/mol. The minimum atomic E-state index is -4.14. The highest BCUT2D eigenvalue weighted by Crippen LogP contribution is 2.29. The second-order valence-electron chi connectivity index (χ2n) is 10.1. The number of carbonyl (C=O) groups excluding carboxylic acids is 2. The quantitative estimate of drug-likeness (QED) is 0.250. The van der Waals surface area contributed by atoms with Crippen LogP contribution in [0, 0.1) is 13.8 Å². The molecule has 1 N–H and O–H groups in total. The van der Waals surface area contributed by atoms with Crippen molar-refractivity contribution in [3.8, 4) is 0 Å². The molecule has 0 saturated heterocycles. The highest BCUT2D eigenvalue weighted by molar-refractivity contribution is 7.92. The van der Waals surface area contributed by atoms with Crippen molar-refractivity contribution in [1.82, 2.24) is 10.2 Å². The van der Waals surface area contributed by atoms with E-state index in [0.717, 1.165) is 16.3 Å². The molecule has 0 bridgehead atoms. The van der Waals surface area contributed by atoms with Gasteiger partial charge in [-0.2, -0.15) is 0 Å². The molecule has 0 aliphatic heterocycles. The number of nitrogens with one attached hydrogen (secondary N) is 1. The molecule has 0 saturated carbocycles. The number of nitrogens with zero attached hydrogens (tertiary/aromatic N) is 2. The number of halogens is 2. The van der Waals surface area contributed by atoms with Gasteiger partial charge in [-0.1, -0.05) is 73.4 Å². The van der Waals surface area contributed by atoms with Crippen LogP contribution in [0.4, 0.5) is 5.69 Å². The van der Waals surface area contributed by atoms with Gasteiger partial charge in [-0.3, -0.25) is 13.9 Å². The van der Waals surface area contributed by atoms with Gasteiger partial charge in [-0.05, 0) is 80.6 Å². The molecule has 0 unspecified atom stereocenters. The van der Waals surface area contributed by atoms with E-state index in [1.54, 1.807) is 49.4 Å². The number of sulfonamides is 1. The molecule has 2 atom stereocenters. The van der Waals surface area contributed by atoms with Crippen molar-refractivity contribution in [1.29, 1.82) is 0 Å². The van der Waals surface area contributed by atoms with Crippen LogP contribution in [0.25, 0.3) is 0 Å². The molecule has 3 rings (SSSR count). The standard InChI is InChI=1S/C31H37Cl2N3O4S/c1-6-23(5)34-31(38)28(7-2)35(19-24-15-16-26(32)27(33)18-24)30(37)20-36(29-17-21(3)13-14-22(29)4)41(39,40)25-11-9-8-10-12-25/h8-18,23,28H,6-7,19-20H2,1-5H3,(H,34,38)/t23-,28+/m0/s1. The van der Waals surface area contributed by atoms with E-state index in [4.69, 9.17) is 23.2 Å². The molecule has 3 aromatic carbocycles. The van der Waals surface area contributed by atoms with Gasteiger partial charge < -0.3 is 10.2 Å². The summed E-state index contributed by atoms with van der Waals surface area (Å²) < 4.78 is 29.1. The van der Waals surface area contributed by atoms with Crippen molar-refractivity contribution in [2.24, 2.45) is 0 Å². The number of aryl methyl sites for hydroxylation is 2. The van der Waals surface area contributed by atoms with Crippen LogP contribution >= 0.6 is 23.2 Å². The predicted molar refractivity (Wildman–Crippen MR) is 166 cm³/mol. The monoisotopic (exact) mass is 617 g/mol. The summed E-state index contributed by atoms with van der Waals surface area (Å²) in [6.45, 7) is 8.87. The van der Waals surface area contributed by atoms with Crippen molar-refractivity contribution in [2.75, 3.05) is 10.8 Å². The van der Waals surface area contributed by atoms with Crippen molar-refractivity contribution in [3.05, 3.63) is 93.5 Å². The summed E-state index contributed by atoms with van der Waals surface area (Å²) in [5.74, 6) is -0.831. The van der Waals surface area contributed by atoms with Crippen LogP contribution in [0.2, 0.25) is 10.0 Å². The van der Waals surface area contributed by atoms with Gasteiger partial charge in [0.15, 0.2) is 0 Å². The molecule has 0 aromatic heterocycles. The van der Waals surface area contributed by atoms with E-state index in [9.17, 15) is 18.0 Å². The van der Waals surface area contributed by atoms with Crippen LogP contribution in [0.15, 0.2) is 71.6 Å². The summed E-state index contributed by atoms with van der Waals surface area (Å²) in [4.78, 5) is 29.1. The van der Waals surface area contributed by atoms with Gasteiger partial charge >= 0.3 is 0 Å². The molecule has 0 aliphatic rings. The molecule has 7 nitrogen and oxygen atoms in total. The van der Waals surface area contributed by atoms with Crippen molar-refractivity contribution in [2.45, 2.75) is 71.0 Å². The van der Waals surface area contributed by atoms with E-state index in [2.05, 4.69) is 5.32 Å². The molecule has 41 heavy (non-hydrogen) atoms. The fraction of sp³-hybridized carbons (Fsp3) is 0.355. The molecule has 3 aromatic rings. The molecule has 0 aliphatic carbocycles. The zero-order valence-electron chi connectivity index (χ0n) is 24.0. The lowest BCUT2D eigenvalue weighted by Gasteiger charge is -2.34. The summed E-state index contributed by atoms with van der Waals surface area (Å²) in [7, 11) is -4.14. The number of hydrogen-bond acceptors (Lipinski definition) is 4. The van der Waals surface area contributed by atoms with Gasteiger partial charge in [-0.15, -0.1) is 0 Å². The lowest BCUT2D eigenvalue weighted by molar-refractivity contribution is -0.140. The summed E-state index contributed by atoms with van der Waals surface area (Å²) in [6, 6.07) is 17.5. The van der Waals surface area contributed by atoms with E-state index < -0.39 is 28.5 Å². The van der Waals surface area contributed by atoms with Crippen LogP contribution in [-0.2, 0) is 26.2 Å². The third-order valence-corrected chi connectivity index (χ3v) is 9.48. The fourth-order valence-corrected chi connectivity index (χ4v) is 6.23. The van der Waals surface area contributed by atoms with Crippen LogP contribution in [0.1, 0.15) is 50.3 Å². The maximum atomic E-state index is 14.2. The first-order valence-electron chi connectivity index (χ1n) is 13.6. The number of amides is 2. The predicted octanol–water partition coefficient (Wildman–Crippen LogP) is 6.53. The SMILES string of the molecule is CC[C@H](C(=O)N[C@@H](C)CC)N(Cc1ccc(Cl)c(Cl)c1)C(=O)CN(c1cc(C)ccc1C)S(=O)(=O)c1ccccc1. The van der Waals surface area contributed by atoms with Crippen LogP contribution < -0.4 is 9.62 Å². The van der Waals surface area contributed by atoms with Gasteiger partial charge in [0.25, 0.3) is 10.0 Å². The topological polar surface area (TPSA) is 86.8 Å². The Morgan fingerprint density at radius 1 is 0.902 bits per heavy atom. The van der Waals surface area contributed by atoms with Crippen molar-refractivity contribution >= 4 is 50.7 Å². The summed E-state index contributed by atoms with van der Waals surface area (Å²) in [5.41, 5.74) is 2.60. The summed E-state index contributed by atoms with van der Waals surface area (Å²) >= 11 is 12.4. The van der Waals surface area contributed by atoms with Crippen molar-refractivity contribution in [3.63, 3.8) is 0 Å². The number of rotatable bonds is 12. The number of benzene rings is 3. The molecule has 10 heteroatoms. The molecule has 2 amide bonds. The molecule has 0 radical (unpaired) electrons. The summed E-state index contributed by atoms with van der Waals surface area (Å²) in [5, 5.41) is 3.65. The highest BCUT2D eigenvalue weighted by Gasteiger charge is 2.34. The van der Waals surface area contributed by atoms with Gasteiger partial charge in [0.05, 0.1) is 20.6 Å². The first-order chi connectivity index (χ1) is 19.4. The maximum absolute atomic E-state index is 14.2. The smallest absolute Gasteiger partial charge is 0.264 e. The van der Waals surface area contributed by atoms with E-state index >= 15 is 0 Å². The zero-order valence-corrected chi connectivity index (χ0v) is 26.4. The van der Waals surface area contributed by atoms with Gasteiger partial charge in [0.2, 0.25) is 11.8 Å². The largest absolute Gasteiger partial charge is 0.352 e. The van der Waals surface area contributed by atoms with Crippen LogP contribution in [-0.4, -0.2) is 43.8 Å². The van der Waals surface area contributed by atoms with Gasteiger partial charge in [0.1, 0.15) is 12.6 Å². The Labute approximate surface area is 253 Å². The van der Waals surface area contributed by atoms with E-state index in [1.165, 1.54) is 17.0 Å². The average Bonchev–Trinajstić information content (AvgIpc) is 2.95. The normalized spacial score (nSPS) is 12.9. The first kappa shape index (κ1) is 32.4. The minimum absolute atomic E-state index is 0.0359. The first-order valence-corrected chi connectivity index (χ1v) is 15.8. The number of carbonyl (C=O) groups is 2. The van der Waals surface area contributed by atoms with E-state index in [-0.39, 0.29) is 23.4 Å². The second-order valence-corrected chi connectivity index (χ2v) is 12.8. The third kappa shape index (κ3) is 8.03. The maximum Gasteiger partial charge on any atom is 0.264 e. The third-order valence-electron chi connectivity index (χ3n) is 6.97. The van der Waals surface area contributed by atoms with Gasteiger partial charge in [0, 0.05) is 12.6 Å². The molecule has 0 fully saturated rings. The second kappa shape index (κ2) is 14.2.